The van der Waals surface area contributed by atoms with E-state index >= 15 is 0 Å². The maximum absolute atomic E-state index is 13.1. The van der Waals surface area contributed by atoms with Crippen molar-refractivity contribution in [1.29, 1.82) is 0 Å². The number of nitrogens with zero attached hydrogens (tertiary/aromatic N) is 3. The Kier molecular flexibility index (Phi) is 6.84. The molecule has 0 spiro atoms. The molecule has 2 aromatic carbocycles. The van der Waals surface area contributed by atoms with E-state index in [-0.39, 0.29) is 11.8 Å². The smallest absolute Gasteiger partial charge is 0.338 e. The van der Waals surface area contributed by atoms with Crippen molar-refractivity contribution in [2.45, 2.75) is 26.3 Å². The standard InChI is InChI=1S/C25H25N3O4S/c1-17-22(21(29)13-12-18-8-4-3-5-9-18)33-24(26-17)28-15-14-27(25(28)31)16-19-10-6-7-11-20(19)23(30)32-2/h3-11H,12-16H2,1-2H3. The number of carbonyl (C=O) groups excluding carboxylic acids is 3. The summed E-state index contributed by atoms with van der Waals surface area (Å²) in [6.07, 6.45) is 1.07. The highest BCUT2D eigenvalue weighted by Gasteiger charge is 2.33. The van der Waals surface area contributed by atoms with E-state index in [0.717, 1.165) is 11.1 Å². The maximum Gasteiger partial charge on any atom is 0.338 e. The van der Waals surface area contributed by atoms with E-state index in [9.17, 15) is 14.4 Å². The van der Waals surface area contributed by atoms with E-state index in [2.05, 4.69) is 4.98 Å². The van der Waals surface area contributed by atoms with Crippen LogP contribution < -0.4 is 4.90 Å². The number of Topliss-reactive ketones (excluding diaryl/α,β-unsaturated/α-hetero) is 1. The summed E-state index contributed by atoms with van der Waals surface area (Å²) in [6, 6.07) is 16.8. The predicted octanol–water partition coefficient (Wildman–Crippen LogP) is 4.50. The average molecular weight is 464 g/mol. The third-order valence-electron chi connectivity index (χ3n) is 5.63. The fourth-order valence-electron chi connectivity index (χ4n) is 3.85. The van der Waals surface area contributed by atoms with Crippen LogP contribution in [0.3, 0.4) is 0 Å². The number of amides is 2. The Morgan fingerprint density at radius 3 is 2.55 bits per heavy atom. The number of benzene rings is 2. The molecule has 0 saturated carbocycles. The molecule has 2 heterocycles. The van der Waals surface area contributed by atoms with Gasteiger partial charge in [0.2, 0.25) is 0 Å². The van der Waals surface area contributed by atoms with Gasteiger partial charge in [-0.15, -0.1) is 0 Å². The highest BCUT2D eigenvalue weighted by Crippen LogP contribution is 2.30. The van der Waals surface area contributed by atoms with Crippen LogP contribution in [0.5, 0.6) is 0 Å². The zero-order valence-electron chi connectivity index (χ0n) is 18.6. The molecular weight excluding hydrogens is 438 g/mol. The number of urea groups is 1. The van der Waals surface area contributed by atoms with Crippen LogP contribution in [0.25, 0.3) is 0 Å². The molecule has 0 bridgehead atoms. The molecule has 0 atom stereocenters. The van der Waals surface area contributed by atoms with Crippen molar-refractivity contribution in [1.82, 2.24) is 9.88 Å². The van der Waals surface area contributed by atoms with E-state index in [1.54, 1.807) is 28.9 Å². The highest BCUT2D eigenvalue weighted by atomic mass is 32.1. The Balaban J connectivity index is 1.44. The molecule has 1 fully saturated rings. The van der Waals surface area contributed by atoms with Gasteiger partial charge in [0.1, 0.15) is 0 Å². The van der Waals surface area contributed by atoms with Gasteiger partial charge in [-0.3, -0.25) is 9.69 Å². The maximum atomic E-state index is 13.1. The van der Waals surface area contributed by atoms with E-state index in [0.29, 0.717) is 53.7 Å². The number of ether oxygens (including phenoxy) is 1. The van der Waals surface area contributed by atoms with Crippen molar-refractivity contribution in [3.8, 4) is 0 Å². The van der Waals surface area contributed by atoms with Gasteiger partial charge in [-0.25, -0.2) is 14.6 Å². The number of ketones is 1. The minimum Gasteiger partial charge on any atom is -0.465 e. The van der Waals surface area contributed by atoms with E-state index in [1.807, 2.05) is 42.5 Å². The van der Waals surface area contributed by atoms with Gasteiger partial charge in [0.25, 0.3) is 0 Å². The van der Waals surface area contributed by atoms with Crippen LogP contribution in [0.2, 0.25) is 0 Å². The third-order valence-corrected chi connectivity index (χ3v) is 6.85. The molecule has 0 N–H and O–H groups in total. The number of methoxy groups -OCH3 is 1. The number of esters is 1. The highest BCUT2D eigenvalue weighted by molar-refractivity contribution is 7.17. The number of aryl methyl sites for hydroxylation is 2. The summed E-state index contributed by atoms with van der Waals surface area (Å²) in [4.78, 5) is 46.3. The Morgan fingerprint density at radius 1 is 1.06 bits per heavy atom. The number of thiazole rings is 1. The largest absolute Gasteiger partial charge is 0.465 e. The van der Waals surface area contributed by atoms with Gasteiger partial charge in [-0.05, 0) is 30.5 Å². The average Bonchev–Trinajstić information content (AvgIpc) is 3.40. The molecule has 3 aromatic rings. The van der Waals surface area contributed by atoms with Gasteiger partial charge >= 0.3 is 12.0 Å². The molecule has 0 aliphatic carbocycles. The van der Waals surface area contributed by atoms with Crippen molar-refractivity contribution in [3.05, 3.63) is 81.9 Å². The number of carbonyl (C=O) groups is 3. The molecule has 0 unspecified atom stereocenters. The van der Waals surface area contributed by atoms with Crippen LogP contribution >= 0.6 is 11.3 Å². The van der Waals surface area contributed by atoms with Crippen LogP contribution in [0.1, 0.15) is 43.3 Å². The SMILES string of the molecule is COC(=O)c1ccccc1CN1CCN(c2nc(C)c(C(=O)CCc3ccccc3)s2)C1=O. The van der Waals surface area contributed by atoms with E-state index < -0.39 is 5.97 Å². The Labute approximate surface area is 196 Å². The van der Waals surface area contributed by atoms with E-state index in [4.69, 9.17) is 4.74 Å². The van der Waals surface area contributed by atoms with Gasteiger partial charge in [0, 0.05) is 26.1 Å². The molecule has 1 aromatic heterocycles. The summed E-state index contributed by atoms with van der Waals surface area (Å²) in [6.45, 7) is 3.09. The van der Waals surface area contributed by atoms with Crippen molar-refractivity contribution in [3.63, 3.8) is 0 Å². The van der Waals surface area contributed by atoms with Crippen LogP contribution in [0.15, 0.2) is 54.6 Å². The lowest BCUT2D eigenvalue weighted by Crippen LogP contribution is -2.31. The third kappa shape index (κ3) is 4.96. The molecule has 1 aliphatic heterocycles. The first-order chi connectivity index (χ1) is 16.0. The van der Waals surface area contributed by atoms with Crippen molar-refractivity contribution in [2.24, 2.45) is 0 Å². The van der Waals surface area contributed by atoms with Gasteiger partial charge < -0.3 is 9.64 Å². The number of rotatable bonds is 8. The van der Waals surface area contributed by atoms with Crippen molar-refractivity contribution < 1.29 is 19.1 Å². The molecule has 7 nitrogen and oxygen atoms in total. The molecule has 33 heavy (non-hydrogen) atoms. The minimum atomic E-state index is -0.427. The Morgan fingerprint density at radius 2 is 1.79 bits per heavy atom. The lowest BCUT2D eigenvalue weighted by Gasteiger charge is -2.18. The van der Waals surface area contributed by atoms with Gasteiger partial charge in [-0.1, -0.05) is 59.9 Å². The lowest BCUT2D eigenvalue weighted by atomic mass is 10.1. The molecule has 1 saturated heterocycles. The lowest BCUT2D eigenvalue weighted by molar-refractivity contribution is 0.0598. The second kappa shape index (κ2) is 9.95. The van der Waals surface area contributed by atoms with Gasteiger partial charge in [0.05, 0.1) is 23.2 Å². The van der Waals surface area contributed by atoms with Crippen LogP contribution in [0, 0.1) is 6.92 Å². The molecule has 8 heteroatoms. The van der Waals surface area contributed by atoms with E-state index in [1.165, 1.54) is 18.4 Å². The van der Waals surface area contributed by atoms with Crippen LogP contribution in [-0.4, -0.2) is 47.9 Å². The summed E-state index contributed by atoms with van der Waals surface area (Å²) in [5, 5.41) is 0.532. The second-order valence-electron chi connectivity index (χ2n) is 7.82. The number of anilines is 1. The minimum absolute atomic E-state index is 0.0376. The first kappa shape index (κ1) is 22.7. The first-order valence-electron chi connectivity index (χ1n) is 10.7. The molecule has 0 radical (unpaired) electrons. The normalized spacial score (nSPS) is 13.5. The molecule has 2 amide bonds. The van der Waals surface area contributed by atoms with Crippen molar-refractivity contribution >= 4 is 34.3 Å². The summed E-state index contributed by atoms with van der Waals surface area (Å²) in [7, 11) is 1.34. The molecule has 4 rings (SSSR count). The number of aromatic nitrogens is 1. The Hall–Kier alpha value is -3.52. The number of hydrogen-bond donors (Lipinski definition) is 0. The molecular formula is C25H25N3O4S. The van der Waals surface area contributed by atoms with Gasteiger partial charge in [0.15, 0.2) is 10.9 Å². The zero-order valence-corrected chi connectivity index (χ0v) is 19.4. The molecule has 1 aliphatic rings. The first-order valence-corrected chi connectivity index (χ1v) is 11.6. The Bertz CT molecular complexity index is 1180. The molecule has 170 valence electrons. The zero-order chi connectivity index (χ0) is 23.4. The monoisotopic (exact) mass is 463 g/mol. The summed E-state index contributed by atoms with van der Waals surface area (Å²) in [5.74, 6) is -0.390. The second-order valence-corrected chi connectivity index (χ2v) is 8.80. The summed E-state index contributed by atoms with van der Waals surface area (Å²) < 4.78 is 4.85. The fourth-order valence-corrected chi connectivity index (χ4v) is 4.91. The summed E-state index contributed by atoms with van der Waals surface area (Å²) >= 11 is 1.27. The number of hydrogen-bond acceptors (Lipinski definition) is 6. The quantitative estimate of drug-likeness (QED) is 0.363. The fraction of sp³-hybridized carbons (Fsp3) is 0.280. The van der Waals surface area contributed by atoms with Gasteiger partial charge in [-0.2, -0.15) is 0 Å². The van der Waals surface area contributed by atoms with Crippen LogP contribution in [0.4, 0.5) is 9.93 Å². The van der Waals surface area contributed by atoms with Crippen molar-refractivity contribution in [2.75, 3.05) is 25.1 Å². The summed E-state index contributed by atoms with van der Waals surface area (Å²) in [5.41, 5.74) is 2.94. The predicted molar refractivity (Wildman–Crippen MR) is 127 cm³/mol. The van der Waals surface area contributed by atoms with Crippen LogP contribution in [-0.2, 0) is 17.7 Å². The topological polar surface area (TPSA) is 79.8 Å².